The molecule has 0 aliphatic carbocycles. The normalized spacial score (nSPS) is 11.2. The van der Waals surface area contributed by atoms with Gasteiger partial charge in [0, 0.05) is 23.3 Å². The fourth-order valence-corrected chi connectivity index (χ4v) is 3.25. The first-order valence-electron chi connectivity index (χ1n) is 8.28. The Morgan fingerprint density at radius 2 is 1.73 bits per heavy atom. The molecule has 0 bridgehead atoms. The summed E-state index contributed by atoms with van der Waals surface area (Å²) in [5.74, 6) is 0.895. The van der Waals surface area contributed by atoms with Gasteiger partial charge in [-0.1, -0.05) is 30.3 Å². The first-order chi connectivity index (χ1) is 12.8. The summed E-state index contributed by atoms with van der Waals surface area (Å²) in [5, 5.41) is 19.4. The molecule has 0 atom stereocenters. The highest BCUT2D eigenvalue weighted by molar-refractivity contribution is 5.94. The van der Waals surface area contributed by atoms with E-state index in [-0.39, 0.29) is 5.75 Å². The van der Waals surface area contributed by atoms with E-state index < -0.39 is 0 Å². The van der Waals surface area contributed by atoms with Crippen LogP contribution < -0.4 is 0 Å². The molecule has 26 heavy (non-hydrogen) atoms. The van der Waals surface area contributed by atoms with Gasteiger partial charge in [0.2, 0.25) is 0 Å². The quantitative estimate of drug-likeness (QED) is 0.521. The number of pyridine rings is 2. The first kappa shape index (κ1) is 14.6. The number of hydrogen-bond acceptors (Lipinski definition) is 4. The zero-order valence-corrected chi connectivity index (χ0v) is 13.7. The van der Waals surface area contributed by atoms with Gasteiger partial charge in [-0.3, -0.25) is 9.38 Å². The summed E-state index contributed by atoms with van der Waals surface area (Å²) in [6.07, 6.45) is 3.82. The molecule has 0 amide bonds. The third kappa shape index (κ3) is 2.29. The molecule has 2 aromatic carbocycles. The van der Waals surface area contributed by atoms with E-state index in [9.17, 15) is 5.11 Å². The summed E-state index contributed by atoms with van der Waals surface area (Å²) in [6.45, 7) is 0. The van der Waals surface area contributed by atoms with Crippen LogP contribution in [-0.2, 0) is 0 Å². The van der Waals surface area contributed by atoms with Gasteiger partial charge in [-0.05, 0) is 47.5 Å². The Morgan fingerprint density at radius 3 is 2.65 bits per heavy atom. The summed E-state index contributed by atoms with van der Waals surface area (Å²) in [5.41, 5.74) is 4.69. The Bertz CT molecular complexity index is 1250. The van der Waals surface area contributed by atoms with E-state index in [1.807, 2.05) is 47.0 Å². The Balaban J connectivity index is 1.74. The number of benzene rings is 2. The second-order valence-corrected chi connectivity index (χ2v) is 6.10. The summed E-state index contributed by atoms with van der Waals surface area (Å²) in [4.78, 5) is 4.44. The molecule has 0 unspecified atom stereocenters. The Kier molecular flexibility index (Phi) is 3.18. The molecule has 1 N–H and O–H groups in total. The molecule has 5 nitrogen and oxygen atoms in total. The average molecular weight is 338 g/mol. The van der Waals surface area contributed by atoms with Gasteiger partial charge in [-0.15, -0.1) is 10.2 Å². The predicted octanol–water partition coefficient (Wildman–Crippen LogP) is 4.32. The molecule has 0 aliphatic rings. The number of aromatic hydroxyl groups is 1. The highest BCUT2D eigenvalue weighted by Gasteiger charge is 2.11. The second-order valence-electron chi connectivity index (χ2n) is 6.10. The van der Waals surface area contributed by atoms with Gasteiger partial charge < -0.3 is 5.11 Å². The Morgan fingerprint density at radius 1 is 0.808 bits per heavy atom. The topological polar surface area (TPSA) is 63.3 Å². The van der Waals surface area contributed by atoms with E-state index in [0.29, 0.717) is 5.82 Å². The number of aromatic nitrogens is 4. The van der Waals surface area contributed by atoms with Crippen LogP contribution >= 0.6 is 0 Å². The van der Waals surface area contributed by atoms with Crippen molar-refractivity contribution in [2.24, 2.45) is 0 Å². The van der Waals surface area contributed by atoms with Crippen molar-refractivity contribution in [3.05, 3.63) is 79.1 Å². The van der Waals surface area contributed by atoms with Crippen molar-refractivity contribution >= 4 is 16.6 Å². The minimum atomic E-state index is 0.204. The van der Waals surface area contributed by atoms with E-state index in [2.05, 4.69) is 27.3 Å². The van der Waals surface area contributed by atoms with Crippen molar-refractivity contribution in [3.63, 3.8) is 0 Å². The molecule has 124 valence electrons. The molecular formula is C21H14N4O. The van der Waals surface area contributed by atoms with Crippen LogP contribution in [0.2, 0.25) is 0 Å². The molecule has 0 aliphatic heterocycles. The third-order valence-corrected chi connectivity index (χ3v) is 4.46. The maximum Gasteiger partial charge on any atom is 0.168 e. The number of fused-ring (bicyclic) bond motifs is 2. The lowest BCUT2D eigenvalue weighted by Gasteiger charge is -2.08. The van der Waals surface area contributed by atoms with Crippen LogP contribution in [0, 0.1) is 0 Å². The average Bonchev–Trinajstić information content (AvgIpc) is 3.11. The van der Waals surface area contributed by atoms with Crippen LogP contribution in [0.15, 0.2) is 79.1 Å². The number of nitrogens with zero attached hydrogens (tertiary/aromatic N) is 4. The smallest absolute Gasteiger partial charge is 0.168 e. The van der Waals surface area contributed by atoms with Gasteiger partial charge in [0.05, 0.1) is 5.52 Å². The monoisotopic (exact) mass is 338 g/mol. The highest BCUT2D eigenvalue weighted by atomic mass is 16.3. The van der Waals surface area contributed by atoms with Gasteiger partial charge in [0.1, 0.15) is 5.75 Å². The van der Waals surface area contributed by atoms with Gasteiger partial charge in [-0.2, -0.15) is 0 Å². The van der Waals surface area contributed by atoms with E-state index >= 15 is 0 Å². The Labute approximate surface area is 149 Å². The maximum atomic E-state index is 9.77. The van der Waals surface area contributed by atoms with Crippen LogP contribution in [0.4, 0.5) is 0 Å². The van der Waals surface area contributed by atoms with E-state index in [4.69, 9.17) is 0 Å². The van der Waals surface area contributed by atoms with Crippen molar-refractivity contribution in [1.82, 2.24) is 19.6 Å². The van der Waals surface area contributed by atoms with E-state index in [1.54, 1.807) is 24.4 Å². The zero-order chi connectivity index (χ0) is 17.5. The summed E-state index contributed by atoms with van der Waals surface area (Å²) in [6, 6.07) is 21.1. The van der Waals surface area contributed by atoms with Gasteiger partial charge in [0.25, 0.3) is 0 Å². The van der Waals surface area contributed by atoms with Gasteiger partial charge in [0.15, 0.2) is 11.5 Å². The van der Waals surface area contributed by atoms with Crippen LogP contribution in [0.25, 0.3) is 39.1 Å². The molecule has 0 radical (unpaired) electrons. The largest absolute Gasteiger partial charge is 0.508 e. The van der Waals surface area contributed by atoms with E-state index in [0.717, 1.165) is 33.2 Å². The lowest BCUT2D eigenvalue weighted by atomic mass is 10.0. The Hall–Kier alpha value is -3.73. The fourth-order valence-electron chi connectivity index (χ4n) is 3.25. The van der Waals surface area contributed by atoms with Crippen LogP contribution in [-0.4, -0.2) is 24.7 Å². The lowest BCUT2D eigenvalue weighted by molar-refractivity contribution is 0.475. The van der Waals surface area contributed by atoms with Crippen LogP contribution in [0.3, 0.4) is 0 Å². The molecular weight excluding hydrogens is 324 g/mol. The van der Waals surface area contributed by atoms with E-state index in [1.165, 1.54) is 0 Å². The number of phenolic OH excluding ortho intramolecular Hbond substituents is 1. The first-order valence-corrected chi connectivity index (χ1v) is 8.28. The highest BCUT2D eigenvalue weighted by Crippen LogP contribution is 2.29. The van der Waals surface area contributed by atoms with Gasteiger partial charge in [-0.25, -0.2) is 0 Å². The molecule has 5 aromatic rings. The summed E-state index contributed by atoms with van der Waals surface area (Å²) < 4.78 is 1.94. The fraction of sp³-hybridized carbons (Fsp3) is 0. The molecule has 0 fully saturated rings. The zero-order valence-electron chi connectivity index (χ0n) is 13.7. The minimum absolute atomic E-state index is 0.204. The molecule has 3 aromatic heterocycles. The van der Waals surface area contributed by atoms with Crippen molar-refractivity contribution in [1.29, 1.82) is 0 Å². The molecule has 0 saturated carbocycles. The number of phenols is 1. The van der Waals surface area contributed by atoms with Crippen molar-refractivity contribution in [3.8, 4) is 28.3 Å². The molecule has 5 heteroatoms. The molecule has 5 rings (SSSR count). The molecule has 0 spiro atoms. The van der Waals surface area contributed by atoms with Crippen molar-refractivity contribution < 1.29 is 5.11 Å². The van der Waals surface area contributed by atoms with Crippen LogP contribution in [0.1, 0.15) is 0 Å². The number of hydrogen-bond donors (Lipinski definition) is 1. The van der Waals surface area contributed by atoms with Crippen molar-refractivity contribution in [2.45, 2.75) is 0 Å². The lowest BCUT2D eigenvalue weighted by Crippen LogP contribution is -1.91. The molecule has 3 heterocycles. The summed E-state index contributed by atoms with van der Waals surface area (Å²) >= 11 is 0. The SMILES string of the molecule is Oc1cccc(-c2nnc3ccc(-c4cccc5ncccc45)cn23)c1. The maximum absolute atomic E-state index is 9.77. The predicted molar refractivity (Wildman–Crippen MR) is 101 cm³/mol. The summed E-state index contributed by atoms with van der Waals surface area (Å²) in [7, 11) is 0. The standard InChI is InChI=1S/C21H14N4O/c26-16-5-1-4-14(12-16)21-24-23-20-10-9-15(13-25(20)21)17-6-2-8-19-18(17)7-3-11-22-19/h1-13,26H. The van der Waals surface area contributed by atoms with Crippen molar-refractivity contribution in [2.75, 3.05) is 0 Å². The molecule has 0 saturated heterocycles. The van der Waals surface area contributed by atoms with Crippen LogP contribution in [0.5, 0.6) is 5.75 Å². The number of rotatable bonds is 2. The van der Waals surface area contributed by atoms with Gasteiger partial charge >= 0.3 is 0 Å². The second kappa shape index (κ2) is 5.67. The minimum Gasteiger partial charge on any atom is -0.508 e. The third-order valence-electron chi connectivity index (χ3n) is 4.46.